The lowest BCUT2D eigenvalue weighted by atomic mass is 10.0. The Morgan fingerprint density at radius 2 is 1.55 bits per heavy atom. The van der Waals surface area contributed by atoms with Gasteiger partial charge in [-0.3, -0.25) is 9.59 Å². The molecule has 0 aliphatic rings. The van der Waals surface area contributed by atoms with Crippen molar-refractivity contribution in [1.29, 1.82) is 0 Å². The summed E-state index contributed by atoms with van der Waals surface area (Å²) in [6.45, 7) is 3.39. The summed E-state index contributed by atoms with van der Waals surface area (Å²) in [5.74, 6) is -0.268. The minimum atomic E-state index is -0.219. The molecule has 2 aromatic carbocycles. The molecule has 2 rings (SSSR count). The van der Waals surface area contributed by atoms with Crippen LogP contribution in [-0.2, 0) is 4.79 Å². The fourth-order valence-electron chi connectivity index (χ4n) is 1.93. The molecule has 20 heavy (non-hydrogen) atoms. The SMILES string of the molecule is CC(=O)c1ccc(NC(=O)C(C)c2ccccc2)cc1. The highest BCUT2D eigenvalue weighted by atomic mass is 16.1. The van der Waals surface area contributed by atoms with Crippen LogP contribution in [-0.4, -0.2) is 11.7 Å². The first-order valence-corrected chi connectivity index (χ1v) is 6.54. The van der Waals surface area contributed by atoms with Crippen LogP contribution in [0.2, 0.25) is 0 Å². The second kappa shape index (κ2) is 6.15. The van der Waals surface area contributed by atoms with Gasteiger partial charge in [0.2, 0.25) is 5.91 Å². The highest BCUT2D eigenvalue weighted by Crippen LogP contribution is 2.18. The van der Waals surface area contributed by atoms with E-state index in [0.717, 1.165) is 5.56 Å². The van der Waals surface area contributed by atoms with E-state index in [1.54, 1.807) is 24.3 Å². The number of hydrogen-bond acceptors (Lipinski definition) is 2. The molecule has 0 aromatic heterocycles. The second-order valence-electron chi connectivity index (χ2n) is 4.76. The molecule has 0 radical (unpaired) electrons. The topological polar surface area (TPSA) is 46.2 Å². The van der Waals surface area contributed by atoms with Crippen molar-refractivity contribution in [3.05, 3.63) is 65.7 Å². The van der Waals surface area contributed by atoms with Crippen molar-refractivity contribution in [2.24, 2.45) is 0 Å². The van der Waals surface area contributed by atoms with Crippen molar-refractivity contribution in [3.63, 3.8) is 0 Å². The predicted octanol–water partition coefficient (Wildman–Crippen LogP) is 3.63. The van der Waals surface area contributed by atoms with Crippen molar-refractivity contribution >= 4 is 17.4 Å². The van der Waals surface area contributed by atoms with Crippen LogP contribution in [0, 0.1) is 0 Å². The number of carbonyl (C=O) groups is 2. The molecule has 0 aliphatic heterocycles. The summed E-state index contributed by atoms with van der Waals surface area (Å²) in [5, 5.41) is 2.86. The first-order chi connectivity index (χ1) is 9.58. The lowest BCUT2D eigenvalue weighted by Crippen LogP contribution is -2.18. The minimum Gasteiger partial charge on any atom is -0.326 e. The number of Topliss-reactive ketones (excluding diaryl/α,β-unsaturated/α-hetero) is 1. The van der Waals surface area contributed by atoms with Gasteiger partial charge < -0.3 is 5.32 Å². The average molecular weight is 267 g/mol. The zero-order valence-electron chi connectivity index (χ0n) is 11.6. The van der Waals surface area contributed by atoms with Gasteiger partial charge in [-0.1, -0.05) is 30.3 Å². The molecule has 1 amide bonds. The van der Waals surface area contributed by atoms with E-state index in [0.29, 0.717) is 11.3 Å². The highest BCUT2D eigenvalue weighted by molar-refractivity contribution is 5.97. The van der Waals surface area contributed by atoms with Crippen LogP contribution in [0.15, 0.2) is 54.6 Å². The number of nitrogens with one attached hydrogen (secondary N) is 1. The third kappa shape index (κ3) is 3.32. The highest BCUT2D eigenvalue weighted by Gasteiger charge is 2.14. The van der Waals surface area contributed by atoms with E-state index in [2.05, 4.69) is 5.32 Å². The smallest absolute Gasteiger partial charge is 0.231 e. The molecule has 0 bridgehead atoms. The largest absolute Gasteiger partial charge is 0.326 e. The Kier molecular flexibility index (Phi) is 4.31. The molecular weight excluding hydrogens is 250 g/mol. The van der Waals surface area contributed by atoms with Gasteiger partial charge in [-0.25, -0.2) is 0 Å². The lowest BCUT2D eigenvalue weighted by Gasteiger charge is -2.12. The standard InChI is InChI=1S/C17H17NO2/c1-12(14-6-4-3-5-7-14)17(20)18-16-10-8-15(9-11-16)13(2)19/h3-12H,1-2H3,(H,18,20). The Morgan fingerprint density at radius 1 is 0.950 bits per heavy atom. The van der Waals surface area contributed by atoms with Crippen LogP contribution in [0.5, 0.6) is 0 Å². The van der Waals surface area contributed by atoms with E-state index in [4.69, 9.17) is 0 Å². The Morgan fingerprint density at radius 3 is 2.10 bits per heavy atom. The molecule has 2 aromatic rings. The summed E-state index contributed by atoms with van der Waals surface area (Å²) in [6, 6.07) is 16.5. The van der Waals surface area contributed by atoms with Crippen molar-refractivity contribution < 1.29 is 9.59 Å². The summed E-state index contributed by atoms with van der Waals surface area (Å²) in [7, 11) is 0. The maximum absolute atomic E-state index is 12.2. The van der Waals surface area contributed by atoms with Gasteiger partial charge in [-0.2, -0.15) is 0 Å². The molecule has 0 heterocycles. The van der Waals surface area contributed by atoms with Crippen LogP contribution in [0.4, 0.5) is 5.69 Å². The molecular formula is C17H17NO2. The van der Waals surface area contributed by atoms with Crippen molar-refractivity contribution in [3.8, 4) is 0 Å². The summed E-state index contributed by atoms with van der Waals surface area (Å²) in [6.07, 6.45) is 0. The first kappa shape index (κ1) is 14.0. The van der Waals surface area contributed by atoms with E-state index < -0.39 is 0 Å². The average Bonchev–Trinajstić information content (AvgIpc) is 2.48. The number of hydrogen-bond donors (Lipinski definition) is 1. The monoisotopic (exact) mass is 267 g/mol. The normalized spacial score (nSPS) is 11.7. The predicted molar refractivity (Wildman–Crippen MR) is 79.9 cm³/mol. The molecule has 0 fully saturated rings. The lowest BCUT2D eigenvalue weighted by molar-refractivity contribution is -0.117. The summed E-state index contributed by atoms with van der Waals surface area (Å²) >= 11 is 0. The van der Waals surface area contributed by atoms with Crippen LogP contribution in [0.3, 0.4) is 0 Å². The molecule has 0 aliphatic carbocycles. The number of rotatable bonds is 4. The molecule has 102 valence electrons. The molecule has 3 nitrogen and oxygen atoms in total. The Labute approximate surface area is 118 Å². The maximum atomic E-state index is 12.2. The zero-order valence-corrected chi connectivity index (χ0v) is 11.6. The number of amides is 1. The number of carbonyl (C=O) groups excluding carboxylic acids is 2. The van der Waals surface area contributed by atoms with Gasteiger partial charge >= 0.3 is 0 Å². The van der Waals surface area contributed by atoms with Crippen molar-refractivity contribution in [2.45, 2.75) is 19.8 Å². The van der Waals surface area contributed by atoms with Gasteiger partial charge in [0.1, 0.15) is 0 Å². The fraction of sp³-hybridized carbons (Fsp3) is 0.176. The van der Waals surface area contributed by atoms with E-state index in [1.807, 2.05) is 37.3 Å². The van der Waals surface area contributed by atoms with Crippen LogP contribution >= 0.6 is 0 Å². The van der Waals surface area contributed by atoms with Crippen LogP contribution in [0.25, 0.3) is 0 Å². The Balaban J connectivity index is 2.06. The fourth-order valence-corrected chi connectivity index (χ4v) is 1.93. The van der Waals surface area contributed by atoms with E-state index in [-0.39, 0.29) is 17.6 Å². The summed E-state index contributed by atoms with van der Waals surface area (Å²) in [5.41, 5.74) is 2.31. The van der Waals surface area contributed by atoms with Gasteiger partial charge in [0, 0.05) is 11.3 Å². The van der Waals surface area contributed by atoms with Crippen LogP contribution < -0.4 is 5.32 Å². The molecule has 0 saturated carbocycles. The second-order valence-corrected chi connectivity index (χ2v) is 4.76. The summed E-state index contributed by atoms with van der Waals surface area (Å²) < 4.78 is 0. The third-order valence-electron chi connectivity index (χ3n) is 3.25. The van der Waals surface area contributed by atoms with Gasteiger partial charge in [0.15, 0.2) is 5.78 Å². The summed E-state index contributed by atoms with van der Waals surface area (Å²) in [4.78, 5) is 23.3. The molecule has 0 spiro atoms. The number of benzene rings is 2. The van der Waals surface area contributed by atoms with Crippen molar-refractivity contribution in [2.75, 3.05) is 5.32 Å². The van der Waals surface area contributed by atoms with E-state index >= 15 is 0 Å². The van der Waals surface area contributed by atoms with Crippen LogP contribution in [0.1, 0.15) is 35.7 Å². The Hall–Kier alpha value is -2.42. The quantitative estimate of drug-likeness (QED) is 0.860. The molecule has 3 heteroatoms. The first-order valence-electron chi connectivity index (χ1n) is 6.54. The van der Waals surface area contributed by atoms with Gasteiger partial charge in [-0.05, 0) is 43.7 Å². The zero-order chi connectivity index (χ0) is 14.5. The number of ketones is 1. The molecule has 1 unspecified atom stereocenters. The third-order valence-corrected chi connectivity index (χ3v) is 3.25. The maximum Gasteiger partial charge on any atom is 0.231 e. The van der Waals surface area contributed by atoms with Gasteiger partial charge in [0.25, 0.3) is 0 Å². The Bertz CT molecular complexity index is 603. The minimum absolute atomic E-state index is 0.0144. The van der Waals surface area contributed by atoms with E-state index in [9.17, 15) is 9.59 Å². The van der Waals surface area contributed by atoms with Crippen molar-refractivity contribution in [1.82, 2.24) is 0 Å². The van der Waals surface area contributed by atoms with E-state index in [1.165, 1.54) is 6.92 Å². The number of anilines is 1. The van der Waals surface area contributed by atoms with Gasteiger partial charge in [0.05, 0.1) is 5.92 Å². The molecule has 1 atom stereocenters. The molecule has 1 N–H and O–H groups in total. The van der Waals surface area contributed by atoms with Gasteiger partial charge in [-0.15, -0.1) is 0 Å². The molecule has 0 saturated heterocycles.